The second-order valence-electron chi connectivity index (χ2n) is 15.4. The minimum atomic E-state index is 1.09. The molecule has 1 aromatic heterocycles. The first-order valence-corrected chi connectivity index (χ1v) is 20.6. The molecule has 0 saturated carbocycles. The van der Waals surface area contributed by atoms with Gasteiger partial charge >= 0.3 is 0 Å². The Bertz CT molecular complexity index is 3240. The van der Waals surface area contributed by atoms with Gasteiger partial charge in [0.25, 0.3) is 0 Å². The smallest absolute Gasteiger partial charge is 0.0541 e. The fraction of sp³-hybridized carbons (Fsp3) is 0. The lowest BCUT2D eigenvalue weighted by Crippen LogP contribution is -2.10. The highest BCUT2D eigenvalue weighted by Crippen LogP contribution is 2.41. The monoisotopic (exact) mass is 764 g/mol. The molecule has 0 atom stereocenters. The van der Waals surface area contributed by atoms with Crippen molar-refractivity contribution in [2.45, 2.75) is 0 Å². The lowest BCUT2D eigenvalue weighted by Gasteiger charge is -2.26. The highest BCUT2D eigenvalue weighted by Gasteiger charge is 2.18. The molecule has 0 aliphatic heterocycles. The quantitative estimate of drug-likeness (QED) is 0.150. The fourth-order valence-electron chi connectivity index (χ4n) is 8.82. The summed E-state index contributed by atoms with van der Waals surface area (Å²) in [5, 5.41) is 5.01. The molecule has 0 aliphatic rings. The minimum absolute atomic E-state index is 1.09. The summed E-state index contributed by atoms with van der Waals surface area (Å²) in [7, 11) is 0. The summed E-state index contributed by atoms with van der Waals surface area (Å²) in [5.41, 5.74) is 16.3. The van der Waals surface area contributed by atoms with Crippen LogP contribution in [0.4, 0.5) is 17.1 Å². The molecule has 1 heterocycles. The van der Waals surface area contributed by atoms with Gasteiger partial charge in [-0.1, -0.05) is 176 Å². The third-order valence-electron chi connectivity index (χ3n) is 11.8. The maximum atomic E-state index is 2.42. The molecule has 11 rings (SSSR count). The van der Waals surface area contributed by atoms with E-state index in [0.717, 1.165) is 28.3 Å². The van der Waals surface area contributed by atoms with E-state index in [1.165, 1.54) is 71.5 Å². The molecule has 0 aliphatic carbocycles. The zero-order chi connectivity index (χ0) is 39.8. The number of para-hydroxylation sites is 2. The predicted octanol–water partition coefficient (Wildman–Crippen LogP) is 16.1. The Kier molecular flexibility index (Phi) is 8.87. The van der Waals surface area contributed by atoms with E-state index in [1.54, 1.807) is 0 Å². The third kappa shape index (κ3) is 6.41. The largest absolute Gasteiger partial charge is 0.310 e. The van der Waals surface area contributed by atoms with Crippen molar-refractivity contribution in [1.29, 1.82) is 0 Å². The van der Waals surface area contributed by atoms with Gasteiger partial charge in [0, 0.05) is 33.4 Å². The highest BCUT2D eigenvalue weighted by atomic mass is 15.1. The summed E-state index contributed by atoms with van der Waals surface area (Å²) in [6, 6.07) is 87.9. The van der Waals surface area contributed by atoms with E-state index in [1.807, 2.05) is 0 Å². The second-order valence-corrected chi connectivity index (χ2v) is 15.4. The van der Waals surface area contributed by atoms with Crippen molar-refractivity contribution in [2.75, 3.05) is 4.90 Å². The van der Waals surface area contributed by atoms with Crippen LogP contribution >= 0.6 is 0 Å². The zero-order valence-electron chi connectivity index (χ0n) is 33.0. The predicted molar refractivity (Wildman–Crippen MR) is 255 cm³/mol. The Labute approximate surface area is 350 Å². The maximum Gasteiger partial charge on any atom is 0.0541 e. The van der Waals surface area contributed by atoms with Gasteiger partial charge < -0.3 is 9.47 Å². The molecule has 11 aromatic rings. The number of anilines is 3. The molecule has 0 radical (unpaired) electrons. The van der Waals surface area contributed by atoms with Gasteiger partial charge in [-0.3, -0.25) is 0 Å². The molecule has 2 nitrogen and oxygen atoms in total. The molecule has 0 amide bonds. The van der Waals surface area contributed by atoms with Crippen LogP contribution in [0.2, 0.25) is 0 Å². The molecule has 2 heteroatoms. The lowest BCUT2D eigenvalue weighted by atomic mass is 9.96. The van der Waals surface area contributed by atoms with Gasteiger partial charge in [0.1, 0.15) is 0 Å². The molecule has 0 saturated heterocycles. The Morgan fingerprint density at radius 1 is 0.267 bits per heavy atom. The van der Waals surface area contributed by atoms with Crippen LogP contribution in [0.15, 0.2) is 243 Å². The lowest BCUT2D eigenvalue weighted by molar-refractivity contribution is 1.18. The summed E-state index contributed by atoms with van der Waals surface area (Å²) in [6.07, 6.45) is 0. The second kappa shape index (κ2) is 15.1. The first-order chi connectivity index (χ1) is 29.7. The third-order valence-corrected chi connectivity index (χ3v) is 11.8. The Balaban J connectivity index is 1.00. The van der Waals surface area contributed by atoms with Crippen molar-refractivity contribution in [1.82, 2.24) is 4.57 Å². The molecule has 0 unspecified atom stereocenters. The van der Waals surface area contributed by atoms with Crippen molar-refractivity contribution in [3.63, 3.8) is 0 Å². The van der Waals surface area contributed by atoms with Crippen LogP contribution in [0.5, 0.6) is 0 Å². The number of rotatable bonds is 8. The molecular formula is C58H40N2. The highest BCUT2D eigenvalue weighted by molar-refractivity contribution is 6.10. The molecular weight excluding hydrogens is 725 g/mol. The van der Waals surface area contributed by atoms with E-state index in [4.69, 9.17) is 0 Å². The Morgan fingerprint density at radius 3 is 1.38 bits per heavy atom. The molecule has 0 bridgehead atoms. The first-order valence-electron chi connectivity index (χ1n) is 20.6. The zero-order valence-corrected chi connectivity index (χ0v) is 33.0. The van der Waals surface area contributed by atoms with E-state index >= 15 is 0 Å². The van der Waals surface area contributed by atoms with Crippen LogP contribution in [-0.2, 0) is 0 Å². The van der Waals surface area contributed by atoms with Crippen LogP contribution in [-0.4, -0.2) is 4.57 Å². The van der Waals surface area contributed by atoms with E-state index < -0.39 is 0 Å². The van der Waals surface area contributed by atoms with Crippen molar-refractivity contribution in [3.8, 4) is 50.2 Å². The molecule has 0 spiro atoms. The molecule has 282 valence electrons. The molecule has 0 fully saturated rings. The van der Waals surface area contributed by atoms with E-state index in [0.29, 0.717) is 0 Å². The van der Waals surface area contributed by atoms with Gasteiger partial charge in [-0.05, 0) is 116 Å². The van der Waals surface area contributed by atoms with E-state index in [9.17, 15) is 0 Å². The van der Waals surface area contributed by atoms with E-state index in [-0.39, 0.29) is 0 Å². The number of benzene rings is 10. The summed E-state index contributed by atoms with van der Waals surface area (Å²) < 4.78 is 2.42. The average molecular weight is 765 g/mol. The van der Waals surface area contributed by atoms with Crippen LogP contribution < -0.4 is 4.90 Å². The van der Waals surface area contributed by atoms with Gasteiger partial charge in [-0.25, -0.2) is 0 Å². The SMILES string of the molecule is c1ccc(-c2cccc(N(c3ccc(-c4ccc(-n5c6ccccc6c6ccccc65)c(-c5ccccc5)c4)cc3)c3ccc(-c4ccc5ccccc5c4)cc3)c2)cc1. The summed E-state index contributed by atoms with van der Waals surface area (Å²) in [6.45, 7) is 0. The van der Waals surface area contributed by atoms with Gasteiger partial charge in [-0.15, -0.1) is 0 Å². The minimum Gasteiger partial charge on any atom is -0.310 e. The number of hydrogen-bond donors (Lipinski definition) is 0. The standard InChI is InChI=1S/C58H40N2/c1-3-14-41(15-4-1)47-20-13-21-52(39-47)59(50-33-28-43(29-34-50)48-27-26-42-16-7-8-19-46(42)38-48)51-35-30-44(31-36-51)49-32-37-58(55(40-49)45-17-5-2-6-18-45)60-56-24-11-9-22-53(56)54-23-10-12-25-57(54)60/h1-40H. The first kappa shape index (κ1) is 35.2. The van der Waals surface area contributed by atoms with Gasteiger partial charge in [0.05, 0.1) is 16.7 Å². The molecule has 10 aromatic carbocycles. The van der Waals surface area contributed by atoms with Gasteiger partial charge in [0.2, 0.25) is 0 Å². The Hall–Kier alpha value is -7.94. The van der Waals surface area contributed by atoms with Crippen molar-refractivity contribution < 1.29 is 0 Å². The maximum absolute atomic E-state index is 2.42. The van der Waals surface area contributed by atoms with Crippen LogP contribution in [0.1, 0.15) is 0 Å². The van der Waals surface area contributed by atoms with Crippen molar-refractivity contribution in [2.24, 2.45) is 0 Å². The molecule has 60 heavy (non-hydrogen) atoms. The van der Waals surface area contributed by atoms with Crippen LogP contribution in [0.25, 0.3) is 82.8 Å². The number of hydrogen-bond acceptors (Lipinski definition) is 1. The fourth-order valence-corrected chi connectivity index (χ4v) is 8.82. The van der Waals surface area contributed by atoms with Gasteiger partial charge in [-0.2, -0.15) is 0 Å². The van der Waals surface area contributed by atoms with Crippen LogP contribution in [0, 0.1) is 0 Å². The van der Waals surface area contributed by atoms with Crippen LogP contribution in [0.3, 0.4) is 0 Å². The van der Waals surface area contributed by atoms with Crippen molar-refractivity contribution >= 4 is 49.6 Å². The van der Waals surface area contributed by atoms with Gasteiger partial charge in [0.15, 0.2) is 0 Å². The summed E-state index contributed by atoms with van der Waals surface area (Å²) >= 11 is 0. The van der Waals surface area contributed by atoms with Crippen molar-refractivity contribution in [3.05, 3.63) is 243 Å². The topological polar surface area (TPSA) is 8.17 Å². The molecule has 0 N–H and O–H groups in total. The summed E-state index contributed by atoms with van der Waals surface area (Å²) in [5.74, 6) is 0. The number of nitrogens with zero attached hydrogens (tertiary/aromatic N) is 2. The average Bonchev–Trinajstić information content (AvgIpc) is 3.66. The normalized spacial score (nSPS) is 11.3. The number of aromatic nitrogens is 1. The summed E-state index contributed by atoms with van der Waals surface area (Å²) in [4.78, 5) is 2.36. The Morgan fingerprint density at radius 2 is 0.733 bits per heavy atom. The number of fused-ring (bicyclic) bond motifs is 4. The van der Waals surface area contributed by atoms with E-state index in [2.05, 4.69) is 252 Å².